The van der Waals surface area contributed by atoms with Gasteiger partial charge in [0.1, 0.15) is 5.52 Å². The molecule has 0 bridgehead atoms. The largest absolute Gasteiger partial charge is 0.240 e. The van der Waals surface area contributed by atoms with Crippen LogP contribution in [-0.2, 0) is 4.79 Å². The van der Waals surface area contributed by atoms with Gasteiger partial charge in [0.05, 0.1) is 10.4 Å². The first-order valence-electron chi connectivity index (χ1n) is 3.20. The summed E-state index contributed by atoms with van der Waals surface area (Å²) in [6.45, 7) is 0. The van der Waals surface area contributed by atoms with Gasteiger partial charge in [0.15, 0.2) is 0 Å². The quantitative estimate of drug-likeness (QED) is 0.491. The second-order valence-corrected chi connectivity index (χ2v) is 2.91. The highest BCUT2D eigenvalue weighted by molar-refractivity contribution is 7.12. The molecule has 12 heavy (non-hydrogen) atoms. The molecule has 0 radical (unpaired) electrons. The van der Waals surface area contributed by atoms with Crippen molar-refractivity contribution in [2.24, 2.45) is 4.99 Å². The minimum absolute atomic E-state index is 0.560. The van der Waals surface area contributed by atoms with Crippen molar-refractivity contribution in [2.45, 2.75) is 0 Å². The van der Waals surface area contributed by atoms with E-state index in [-0.39, 0.29) is 0 Å². The van der Waals surface area contributed by atoms with Gasteiger partial charge in [0, 0.05) is 0 Å². The molecule has 0 amide bonds. The van der Waals surface area contributed by atoms with Gasteiger partial charge in [0.2, 0.25) is 6.08 Å². The number of fused-ring (bicyclic) bond motifs is 1. The molecule has 0 aliphatic rings. The first-order valence-corrected chi connectivity index (χ1v) is 3.97. The number of nitrogens with zero attached hydrogens (tertiary/aromatic N) is 3. The minimum Gasteiger partial charge on any atom is -0.211 e. The van der Waals surface area contributed by atoms with Gasteiger partial charge in [-0.15, -0.1) is 5.10 Å². The van der Waals surface area contributed by atoms with Crippen molar-refractivity contribution in [3.63, 3.8) is 0 Å². The van der Waals surface area contributed by atoms with E-state index in [0.717, 1.165) is 10.2 Å². The summed E-state index contributed by atoms with van der Waals surface area (Å²) in [4.78, 5) is 13.4. The zero-order valence-electron chi connectivity index (χ0n) is 5.89. The minimum atomic E-state index is 0.560. The van der Waals surface area contributed by atoms with Crippen LogP contribution in [-0.4, -0.2) is 15.7 Å². The second kappa shape index (κ2) is 2.81. The molecular formula is C7H3N3OS. The summed E-state index contributed by atoms with van der Waals surface area (Å²) in [6.07, 6.45) is 1.47. The Morgan fingerprint density at radius 2 is 2.42 bits per heavy atom. The van der Waals surface area contributed by atoms with Crippen LogP contribution >= 0.6 is 11.5 Å². The fourth-order valence-electron chi connectivity index (χ4n) is 0.892. The van der Waals surface area contributed by atoms with Gasteiger partial charge in [-0.1, -0.05) is 4.49 Å². The highest BCUT2D eigenvalue weighted by Crippen LogP contribution is 2.20. The molecule has 0 unspecified atom stereocenters. The molecule has 58 valence electrons. The fourth-order valence-corrected chi connectivity index (χ4v) is 1.43. The van der Waals surface area contributed by atoms with Crippen LogP contribution in [0.1, 0.15) is 0 Å². The summed E-state index contributed by atoms with van der Waals surface area (Å²) in [6, 6.07) is 5.26. The smallest absolute Gasteiger partial charge is 0.211 e. The lowest BCUT2D eigenvalue weighted by atomic mass is 10.3. The Hall–Kier alpha value is -1.58. The molecular weight excluding hydrogens is 174 g/mol. The van der Waals surface area contributed by atoms with Gasteiger partial charge < -0.3 is 0 Å². The van der Waals surface area contributed by atoms with Gasteiger partial charge in [0.25, 0.3) is 0 Å². The topological polar surface area (TPSA) is 55.2 Å². The van der Waals surface area contributed by atoms with E-state index in [0.29, 0.717) is 5.69 Å². The zero-order valence-corrected chi connectivity index (χ0v) is 6.71. The maximum atomic E-state index is 9.92. The zero-order chi connectivity index (χ0) is 8.39. The summed E-state index contributed by atoms with van der Waals surface area (Å²) in [5.41, 5.74) is 1.32. The van der Waals surface area contributed by atoms with Crippen molar-refractivity contribution < 1.29 is 4.79 Å². The number of aliphatic imine (C=N–C) groups is 1. The number of aromatic nitrogens is 2. The molecule has 1 aromatic heterocycles. The first kappa shape index (κ1) is 7.09. The molecule has 4 nitrogen and oxygen atoms in total. The highest BCUT2D eigenvalue weighted by Gasteiger charge is 1.97. The molecule has 1 aromatic carbocycles. The average molecular weight is 177 g/mol. The number of rotatable bonds is 1. The van der Waals surface area contributed by atoms with Crippen LogP contribution in [0.15, 0.2) is 23.2 Å². The monoisotopic (exact) mass is 177 g/mol. The fraction of sp³-hybridized carbons (Fsp3) is 0. The Morgan fingerprint density at radius 3 is 3.25 bits per heavy atom. The van der Waals surface area contributed by atoms with Gasteiger partial charge >= 0.3 is 0 Å². The Kier molecular flexibility index (Phi) is 1.66. The van der Waals surface area contributed by atoms with Crippen LogP contribution < -0.4 is 0 Å². The van der Waals surface area contributed by atoms with Crippen molar-refractivity contribution in [1.82, 2.24) is 9.59 Å². The van der Waals surface area contributed by atoms with Crippen LogP contribution in [0.5, 0.6) is 0 Å². The van der Waals surface area contributed by atoms with Gasteiger partial charge in [-0.05, 0) is 29.7 Å². The molecule has 0 fully saturated rings. The summed E-state index contributed by atoms with van der Waals surface area (Å²) in [5, 5.41) is 3.84. The predicted molar refractivity (Wildman–Crippen MR) is 45.2 cm³/mol. The number of benzene rings is 1. The molecule has 0 aliphatic heterocycles. The Balaban J connectivity index is 2.67. The number of hydrogen-bond donors (Lipinski definition) is 0. The van der Waals surface area contributed by atoms with E-state index in [2.05, 4.69) is 14.6 Å². The molecule has 2 rings (SSSR count). The van der Waals surface area contributed by atoms with Gasteiger partial charge in [-0.25, -0.2) is 4.79 Å². The lowest BCUT2D eigenvalue weighted by Gasteiger charge is -1.87. The predicted octanol–water partition coefficient (Wildman–Crippen LogP) is 1.66. The molecule has 2 aromatic rings. The van der Waals surface area contributed by atoms with Crippen LogP contribution in [0, 0.1) is 0 Å². The molecule has 0 saturated carbocycles. The summed E-state index contributed by atoms with van der Waals surface area (Å²) in [7, 11) is 0. The van der Waals surface area contributed by atoms with Crippen LogP contribution in [0.4, 0.5) is 5.69 Å². The van der Waals surface area contributed by atoms with Crippen molar-refractivity contribution in [2.75, 3.05) is 0 Å². The number of carbonyl (C=O) groups excluding carboxylic acids is 1. The second-order valence-electron chi connectivity index (χ2n) is 2.13. The van der Waals surface area contributed by atoms with Crippen LogP contribution in [0.3, 0.4) is 0 Å². The normalized spacial score (nSPS) is 9.67. The van der Waals surface area contributed by atoms with E-state index in [1.54, 1.807) is 12.1 Å². The molecule has 0 atom stereocenters. The molecule has 0 N–H and O–H groups in total. The summed E-state index contributed by atoms with van der Waals surface area (Å²) >= 11 is 1.31. The number of hydrogen-bond acceptors (Lipinski definition) is 5. The van der Waals surface area contributed by atoms with E-state index >= 15 is 0 Å². The van der Waals surface area contributed by atoms with E-state index in [1.807, 2.05) is 6.07 Å². The molecule has 0 saturated heterocycles. The Bertz CT molecular complexity index is 458. The SMILES string of the molecule is O=C=Nc1ccc2snnc2c1. The van der Waals surface area contributed by atoms with Gasteiger partial charge in [-0.2, -0.15) is 4.99 Å². The van der Waals surface area contributed by atoms with Crippen molar-refractivity contribution in [1.29, 1.82) is 0 Å². The first-order chi connectivity index (χ1) is 5.90. The summed E-state index contributed by atoms with van der Waals surface area (Å²) < 4.78 is 4.74. The van der Waals surface area contributed by atoms with E-state index in [1.165, 1.54) is 17.6 Å². The molecule has 5 heteroatoms. The summed E-state index contributed by atoms with van der Waals surface area (Å²) in [5.74, 6) is 0. The highest BCUT2D eigenvalue weighted by atomic mass is 32.1. The third kappa shape index (κ3) is 1.11. The van der Waals surface area contributed by atoms with Crippen molar-refractivity contribution in [3.8, 4) is 0 Å². The van der Waals surface area contributed by atoms with Crippen LogP contribution in [0.25, 0.3) is 10.2 Å². The van der Waals surface area contributed by atoms with E-state index in [4.69, 9.17) is 0 Å². The van der Waals surface area contributed by atoms with Crippen molar-refractivity contribution in [3.05, 3.63) is 18.2 Å². The lowest BCUT2D eigenvalue weighted by molar-refractivity contribution is 0.565. The van der Waals surface area contributed by atoms with E-state index < -0.39 is 0 Å². The molecule has 1 heterocycles. The third-order valence-corrected chi connectivity index (χ3v) is 2.11. The Morgan fingerprint density at radius 1 is 1.50 bits per heavy atom. The van der Waals surface area contributed by atoms with Gasteiger partial charge in [-0.3, -0.25) is 0 Å². The molecule has 0 spiro atoms. The standard InChI is InChI=1S/C7H3N3OS/c11-4-8-5-1-2-7-6(3-5)9-10-12-7/h1-3H. The van der Waals surface area contributed by atoms with Crippen molar-refractivity contribution >= 4 is 33.5 Å². The Labute approximate surface area is 71.7 Å². The maximum absolute atomic E-state index is 9.92. The van der Waals surface area contributed by atoms with E-state index in [9.17, 15) is 4.79 Å². The molecule has 0 aliphatic carbocycles. The average Bonchev–Trinajstić information content (AvgIpc) is 2.51. The van der Waals surface area contributed by atoms with Crippen LogP contribution in [0.2, 0.25) is 0 Å². The lowest BCUT2D eigenvalue weighted by Crippen LogP contribution is -1.67. The number of isocyanates is 1. The third-order valence-electron chi connectivity index (χ3n) is 1.40. The maximum Gasteiger partial charge on any atom is 0.240 e.